The van der Waals surface area contributed by atoms with E-state index < -0.39 is 0 Å². The highest BCUT2D eigenvalue weighted by Gasteiger charge is 2.02. The average Bonchev–Trinajstić information content (AvgIpc) is 2.28. The van der Waals surface area contributed by atoms with Crippen LogP contribution in [0.25, 0.3) is 0 Å². The summed E-state index contributed by atoms with van der Waals surface area (Å²) in [6, 6.07) is 12.6. The number of hydrogen-bond donors (Lipinski definition) is 1. The summed E-state index contributed by atoms with van der Waals surface area (Å²) < 4.78 is 0. The van der Waals surface area contributed by atoms with Crippen molar-refractivity contribution in [2.45, 2.75) is 23.6 Å². The maximum absolute atomic E-state index is 5.37. The van der Waals surface area contributed by atoms with Gasteiger partial charge in [0, 0.05) is 4.90 Å². The molecule has 0 aliphatic heterocycles. The highest BCUT2D eigenvalue weighted by molar-refractivity contribution is 7.81. The third kappa shape index (κ3) is 3.22. The number of benzene rings is 2. The van der Waals surface area contributed by atoms with Crippen molar-refractivity contribution in [3.05, 3.63) is 47.5 Å². The molecule has 3 heteroatoms. The Kier molecular flexibility index (Phi) is 4.09. The fourth-order valence-electron chi connectivity index (χ4n) is 1.64. The lowest BCUT2D eigenvalue weighted by molar-refractivity contribution is 1.42. The Hall–Kier alpha value is -0.560. The highest BCUT2D eigenvalue weighted by Crippen LogP contribution is 2.20. The second kappa shape index (κ2) is 5.39. The van der Waals surface area contributed by atoms with Crippen LogP contribution in [0, 0.1) is 13.8 Å². The van der Waals surface area contributed by atoms with Crippen LogP contribution in [0.4, 0.5) is 0 Å². The third-order valence-corrected chi connectivity index (χ3v) is 5.06. The van der Waals surface area contributed by atoms with Gasteiger partial charge in [0.2, 0.25) is 0 Å². The Bertz CT molecular complexity index is 500. The van der Waals surface area contributed by atoms with Gasteiger partial charge in [0.1, 0.15) is 0 Å². The summed E-state index contributed by atoms with van der Waals surface area (Å²) in [6.07, 6.45) is 0. The van der Waals surface area contributed by atoms with Crippen LogP contribution >= 0.6 is 21.2 Å². The number of rotatable bonds is 2. The molecule has 0 heterocycles. The summed E-state index contributed by atoms with van der Waals surface area (Å²) in [4.78, 5) is 1.99. The zero-order chi connectivity index (χ0) is 12.4. The van der Waals surface area contributed by atoms with Crippen LogP contribution in [0.2, 0.25) is 0 Å². The monoisotopic (exact) mass is 277 g/mol. The fraction of sp³-hybridized carbons (Fsp3) is 0.143. The van der Waals surface area contributed by atoms with Crippen LogP contribution in [0.5, 0.6) is 0 Å². The van der Waals surface area contributed by atoms with Gasteiger partial charge in [0.05, 0.1) is 0 Å². The summed E-state index contributed by atoms with van der Waals surface area (Å²) in [5, 5.41) is 2.51. The average molecular weight is 277 g/mol. The minimum atomic E-state index is 0.587. The van der Waals surface area contributed by atoms with Gasteiger partial charge in [-0.2, -0.15) is 4.90 Å². The molecule has 0 aliphatic rings. The maximum atomic E-state index is 5.37. The summed E-state index contributed by atoms with van der Waals surface area (Å²) in [7, 11) is 0.587. The lowest BCUT2D eigenvalue weighted by atomic mass is 10.2. The molecule has 0 amide bonds. The lowest BCUT2D eigenvalue weighted by Crippen LogP contribution is -2.08. The van der Waals surface area contributed by atoms with Crippen LogP contribution in [0.3, 0.4) is 0 Å². The smallest absolute Gasteiger partial charge is 0.0118 e. The molecular weight excluding hydrogens is 263 g/mol. The molecule has 0 nitrogen and oxygen atoms in total. The van der Waals surface area contributed by atoms with E-state index in [1.54, 1.807) is 0 Å². The molecule has 0 aliphatic carbocycles. The van der Waals surface area contributed by atoms with Gasteiger partial charge in [-0.15, -0.1) is 12.6 Å². The van der Waals surface area contributed by atoms with Crippen molar-refractivity contribution in [2.75, 3.05) is 0 Å². The van der Waals surface area contributed by atoms with Crippen molar-refractivity contribution in [1.29, 1.82) is 0 Å². The molecule has 0 radical (unpaired) electrons. The minimum absolute atomic E-state index is 0.587. The first kappa shape index (κ1) is 12.9. The Labute approximate surface area is 115 Å². The predicted molar refractivity (Wildman–Crippen MR) is 82.8 cm³/mol. The molecule has 0 bridgehead atoms. The molecule has 1 atom stereocenters. The van der Waals surface area contributed by atoms with Crippen LogP contribution in [0.1, 0.15) is 11.1 Å². The summed E-state index contributed by atoms with van der Waals surface area (Å²) in [5.74, 6) is 0. The van der Waals surface area contributed by atoms with Gasteiger partial charge in [0.15, 0.2) is 0 Å². The molecule has 0 fully saturated rings. The molecule has 1 unspecified atom stereocenters. The quantitative estimate of drug-likeness (QED) is 0.500. The van der Waals surface area contributed by atoms with E-state index >= 15 is 0 Å². The van der Waals surface area contributed by atoms with Gasteiger partial charge in [-0.3, -0.25) is 0 Å². The third-order valence-electron chi connectivity index (χ3n) is 2.56. The van der Waals surface area contributed by atoms with Crippen molar-refractivity contribution in [3.8, 4) is 0 Å². The molecule has 0 saturated heterocycles. The normalized spacial score (nSPS) is 11.2. The van der Waals surface area contributed by atoms with E-state index in [9.17, 15) is 0 Å². The first-order valence-electron chi connectivity index (χ1n) is 5.40. The van der Waals surface area contributed by atoms with E-state index in [0.717, 1.165) is 9.79 Å². The summed E-state index contributed by atoms with van der Waals surface area (Å²) in [5.41, 5.74) is 2.53. The Morgan fingerprint density at radius 3 is 2.24 bits per heavy atom. The fourth-order valence-corrected chi connectivity index (χ4v) is 3.53. The molecular formula is C14H14PS2-. The second-order valence-electron chi connectivity index (χ2n) is 4.15. The molecule has 17 heavy (non-hydrogen) atoms. The van der Waals surface area contributed by atoms with Crippen molar-refractivity contribution >= 4 is 44.4 Å². The zero-order valence-corrected chi connectivity index (χ0v) is 12.5. The van der Waals surface area contributed by atoms with E-state index in [-0.39, 0.29) is 0 Å². The Balaban J connectivity index is 2.37. The minimum Gasteiger partial charge on any atom is -0.779 e. The largest absolute Gasteiger partial charge is 0.779 e. The number of aryl methyl sites for hydroxylation is 2. The van der Waals surface area contributed by atoms with E-state index in [0.29, 0.717) is 8.58 Å². The molecule has 0 spiro atoms. The van der Waals surface area contributed by atoms with Crippen LogP contribution in [-0.2, 0) is 12.6 Å². The van der Waals surface area contributed by atoms with Gasteiger partial charge < -0.3 is 12.6 Å². The summed E-state index contributed by atoms with van der Waals surface area (Å²) in [6.45, 7) is 4.20. The molecule has 0 saturated carbocycles. The maximum Gasteiger partial charge on any atom is 0.0118 e. The number of thiol groups is 1. The van der Waals surface area contributed by atoms with E-state index in [2.05, 4.69) is 56.8 Å². The zero-order valence-electron chi connectivity index (χ0n) is 9.82. The van der Waals surface area contributed by atoms with Gasteiger partial charge in [-0.1, -0.05) is 50.0 Å². The standard InChI is InChI=1S/C14H15PS2/c1-9-3-5-13(16)11(7-9)15-12-8-10(2)4-6-14(12)17/h3-8,15-17H,1-2H3/p-1. The van der Waals surface area contributed by atoms with Gasteiger partial charge in [-0.25, -0.2) is 0 Å². The van der Waals surface area contributed by atoms with Gasteiger partial charge in [0.25, 0.3) is 0 Å². The molecule has 2 rings (SSSR count). The van der Waals surface area contributed by atoms with Crippen LogP contribution < -0.4 is 10.6 Å². The first-order valence-corrected chi connectivity index (χ1v) is 7.26. The molecule has 2 aromatic carbocycles. The van der Waals surface area contributed by atoms with Crippen molar-refractivity contribution < 1.29 is 0 Å². The van der Waals surface area contributed by atoms with Crippen molar-refractivity contribution in [1.82, 2.24) is 0 Å². The molecule has 2 aromatic rings. The van der Waals surface area contributed by atoms with Gasteiger partial charge >= 0.3 is 0 Å². The second-order valence-corrected chi connectivity index (χ2v) is 6.39. The first-order chi connectivity index (χ1) is 8.06. The topological polar surface area (TPSA) is 0 Å². The SMILES string of the molecule is Cc1ccc([S-])c(Pc2cc(C)ccc2S)c1. The highest BCUT2D eigenvalue weighted by atomic mass is 32.1. The molecule has 0 N–H and O–H groups in total. The Morgan fingerprint density at radius 1 is 0.941 bits per heavy atom. The summed E-state index contributed by atoms with van der Waals surface area (Å²) >= 11 is 9.88. The van der Waals surface area contributed by atoms with Crippen molar-refractivity contribution in [3.63, 3.8) is 0 Å². The van der Waals surface area contributed by atoms with E-state index in [4.69, 9.17) is 12.6 Å². The van der Waals surface area contributed by atoms with E-state index in [1.165, 1.54) is 21.7 Å². The predicted octanol–water partition coefficient (Wildman–Crippen LogP) is 3.13. The number of hydrogen-bond acceptors (Lipinski definition) is 2. The van der Waals surface area contributed by atoms with Crippen molar-refractivity contribution in [2.24, 2.45) is 0 Å². The van der Waals surface area contributed by atoms with E-state index in [1.807, 2.05) is 6.07 Å². The van der Waals surface area contributed by atoms with Gasteiger partial charge in [-0.05, 0) is 30.5 Å². The molecule has 0 aromatic heterocycles. The lowest BCUT2D eigenvalue weighted by Gasteiger charge is -2.16. The van der Waals surface area contributed by atoms with Crippen LogP contribution in [-0.4, -0.2) is 0 Å². The Morgan fingerprint density at radius 2 is 1.53 bits per heavy atom. The van der Waals surface area contributed by atoms with Crippen LogP contribution in [0.15, 0.2) is 46.2 Å². The molecule has 88 valence electrons.